The fraction of sp³-hybridized carbons (Fsp3) is 0.632. The fourth-order valence-corrected chi connectivity index (χ4v) is 3.14. The quantitative estimate of drug-likeness (QED) is 0.349. The Labute approximate surface area is 177 Å². The molecule has 1 aliphatic rings. The van der Waals surface area contributed by atoms with E-state index in [0.29, 0.717) is 12.5 Å². The number of benzene rings is 1. The molecular weight excluding hydrogens is 468 g/mol. The number of hydrogen-bond donors (Lipinski definition) is 2. The molecule has 2 rings (SSSR count). The molecule has 0 radical (unpaired) electrons. The Balaban J connectivity index is 0.00000364. The predicted molar refractivity (Wildman–Crippen MR) is 114 cm³/mol. The zero-order valence-electron chi connectivity index (χ0n) is 15.8. The van der Waals surface area contributed by atoms with E-state index in [-0.39, 0.29) is 30.5 Å². The van der Waals surface area contributed by atoms with Crippen molar-refractivity contribution in [2.45, 2.75) is 51.4 Å². The lowest BCUT2D eigenvalue weighted by atomic mass is 10.1. The van der Waals surface area contributed by atoms with Crippen LogP contribution in [-0.4, -0.2) is 43.7 Å². The van der Waals surface area contributed by atoms with Crippen molar-refractivity contribution >= 4 is 29.9 Å². The van der Waals surface area contributed by atoms with Crippen molar-refractivity contribution in [3.8, 4) is 0 Å². The summed E-state index contributed by atoms with van der Waals surface area (Å²) in [5.74, 6) is 0.388. The highest BCUT2D eigenvalue weighted by molar-refractivity contribution is 14.0. The van der Waals surface area contributed by atoms with E-state index in [2.05, 4.69) is 32.7 Å². The van der Waals surface area contributed by atoms with Gasteiger partial charge < -0.3 is 10.6 Å². The maximum absolute atomic E-state index is 12.3. The molecule has 0 saturated carbocycles. The first-order valence-electron chi connectivity index (χ1n) is 9.28. The molecule has 0 spiro atoms. The molecule has 1 aromatic rings. The van der Waals surface area contributed by atoms with E-state index in [4.69, 9.17) is 0 Å². The summed E-state index contributed by atoms with van der Waals surface area (Å²) in [5.41, 5.74) is 2.41. The van der Waals surface area contributed by atoms with Gasteiger partial charge in [-0.3, -0.25) is 9.89 Å². The van der Waals surface area contributed by atoms with Crippen LogP contribution in [0.15, 0.2) is 29.3 Å². The molecule has 0 unspecified atom stereocenters. The maximum Gasteiger partial charge on any atom is 0.390 e. The number of nitrogens with one attached hydrogen (secondary N) is 2. The standard InChI is InChI=1S/C19H29F3N4.HI/c1-23-18(24-11-10-19(20,21)22)25-14-16-8-4-5-9-17(16)15-26-12-6-2-3-7-13-26;/h4-5,8-9H,2-3,6-7,10-15H2,1H3,(H2,23,24,25);1H. The van der Waals surface area contributed by atoms with Crippen LogP contribution in [0, 0.1) is 0 Å². The van der Waals surface area contributed by atoms with Gasteiger partial charge in [-0.2, -0.15) is 13.2 Å². The van der Waals surface area contributed by atoms with Crippen LogP contribution in [0.3, 0.4) is 0 Å². The van der Waals surface area contributed by atoms with Gasteiger partial charge in [-0.25, -0.2) is 0 Å². The van der Waals surface area contributed by atoms with E-state index < -0.39 is 12.6 Å². The molecule has 0 bridgehead atoms. The van der Waals surface area contributed by atoms with Crippen molar-refractivity contribution in [1.82, 2.24) is 15.5 Å². The van der Waals surface area contributed by atoms with E-state index in [1.807, 2.05) is 12.1 Å². The molecule has 0 amide bonds. The fourth-order valence-electron chi connectivity index (χ4n) is 3.14. The molecule has 0 aliphatic carbocycles. The SMILES string of the molecule is CN=C(NCCC(F)(F)F)NCc1ccccc1CN1CCCCCC1.I. The largest absolute Gasteiger partial charge is 0.390 e. The van der Waals surface area contributed by atoms with Gasteiger partial charge in [-0.05, 0) is 37.1 Å². The molecule has 27 heavy (non-hydrogen) atoms. The smallest absolute Gasteiger partial charge is 0.356 e. The van der Waals surface area contributed by atoms with Crippen LogP contribution in [0.2, 0.25) is 0 Å². The van der Waals surface area contributed by atoms with E-state index in [0.717, 1.165) is 25.2 Å². The minimum Gasteiger partial charge on any atom is -0.356 e. The van der Waals surface area contributed by atoms with Crippen molar-refractivity contribution in [2.24, 2.45) is 4.99 Å². The van der Waals surface area contributed by atoms with E-state index in [9.17, 15) is 13.2 Å². The summed E-state index contributed by atoms with van der Waals surface area (Å²) >= 11 is 0. The molecule has 0 atom stereocenters. The molecule has 1 aliphatic heterocycles. The lowest BCUT2D eigenvalue weighted by Crippen LogP contribution is -2.38. The van der Waals surface area contributed by atoms with Gasteiger partial charge in [0.15, 0.2) is 5.96 Å². The second-order valence-corrected chi connectivity index (χ2v) is 6.68. The van der Waals surface area contributed by atoms with E-state index >= 15 is 0 Å². The minimum absolute atomic E-state index is 0. The zero-order chi connectivity index (χ0) is 18.8. The van der Waals surface area contributed by atoms with E-state index in [1.54, 1.807) is 7.05 Å². The highest BCUT2D eigenvalue weighted by Gasteiger charge is 2.26. The van der Waals surface area contributed by atoms with Crippen LogP contribution in [0.25, 0.3) is 0 Å². The third kappa shape index (κ3) is 9.64. The average molecular weight is 498 g/mol. The highest BCUT2D eigenvalue weighted by atomic mass is 127. The van der Waals surface area contributed by atoms with E-state index in [1.165, 1.54) is 31.2 Å². The Kier molecular flexibility index (Phi) is 11.1. The molecule has 154 valence electrons. The summed E-state index contributed by atoms with van der Waals surface area (Å²) < 4.78 is 36.8. The van der Waals surface area contributed by atoms with Crippen LogP contribution in [0.4, 0.5) is 13.2 Å². The topological polar surface area (TPSA) is 39.7 Å². The van der Waals surface area contributed by atoms with Gasteiger partial charge in [0.05, 0.1) is 6.42 Å². The predicted octanol–water partition coefficient (Wildman–Crippen LogP) is 4.30. The van der Waals surface area contributed by atoms with Gasteiger partial charge in [0.25, 0.3) is 0 Å². The van der Waals surface area contributed by atoms with Crippen LogP contribution in [0.5, 0.6) is 0 Å². The Bertz CT molecular complexity index is 570. The Hall–Kier alpha value is -1.03. The lowest BCUT2D eigenvalue weighted by molar-refractivity contribution is -0.132. The summed E-state index contributed by atoms with van der Waals surface area (Å²) in [6, 6.07) is 8.21. The zero-order valence-corrected chi connectivity index (χ0v) is 18.1. The Morgan fingerprint density at radius 2 is 1.67 bits per heavy atom. The number of halogens is 4. The summed E-state index contributed by atoms with van der Waals surface area (Å²) in [6.45, 7) is 3.52. The number of nitrogens with zero attached hydrogens (tertiary/aromatic N) is 2. The summed E-state index contributed by atoms with van der Waals surface area (Å²) in [6.07, 6.45) is 0.0659. The van der Waals surface area contributed by atoms with Crippen LogP contribution >= 0.6 is 24.0 Å². The third-order valence-electron chi connectivity index (χ3n) is 4.58. The van der Waals surface area contributed by atoms with Crippen LogP contribution in [0.1, 0.15) is 43.2 Å². The number of alkyl halides is 3. The van der Waals surface area contributed by atoms with Crippen LogP contribution < -0.4 is 10.6 Å². The summed E-state index contributed by atoms with van der Waals surface area (Å²) in [4.78, 5) is 6.49. The molecule has 8 heteroatoms. The molecule has 1 heterocycles. The second-order valence-electron chi connectivity index (χ2n) is 6.68. The molecule has 2 N–H and O–H groups in total. The number of guanidine groups is 1. The lowest BCUT2D eigenvalue weighted by Gasteiger charge is -2.22. The van der Waals surface area contributed by atoms with Crippen molar-refractivity contribution < 1.29 is 13.2 Å². The Morgan fingerprint density at radius 3 is 2.26 bits per heavy atom. The molecule has 1 fully saturated rings. The number of aliphatic imine (C=N–C) groups is 1. The second kappa shape index (κ2) is 12.4. The van der Waals surface area contributed by atoms with Crippen molar-refractivity contribution in [1.29, 1.82) is 0 Å². The maximum atomic E-state index is 12.3. The average Bonchev–Trinajstić information content (AvgIpc) is 2.87. The van der Waals surface area contributed by atoms with Gasteiger partial charge in [0, 0.05) is 26.7 Å². The van der Waals surface area contributed by atoms with Crippen molar-refractivity contribution in [2.75, 3.05) is 26.7 Å². The van der Waals surface area contributed by atoms with Crippen molar-refractivity contribution in [3.63, 3.8) is 0 Å². The molecular formula is C19H30F3IN4. The molecule has 1 saturated heterocycles. The van der Waals surface area contributed by atoms with Gasteiger partial charge in [-0.15, -0.1) is 24.0 Å². The Morgan fingerprint density at radius 1 is 1.04 bits per heavy atom. The molecule has 4 nitrogen and oxygen atoms in total. The van der Waals surface area contributed by atoms with Gasteiger partial charge in [-0.1, -0.05) is 37.1 Å². The molecule has 1 aromatic carbocycles. The number of likely N-dealkylation sites (tertiary alicyclic amines) is 1. The highest BCUT2D eigenvalue weighted by Crippen LogP contribution is 2.18. The minimum atomic E-state index is -4.16. The van der Waals surface area contributed by atoms with Gasteiger partial charge in [0.1, 0.15) is 0 Å². The van der Waals surface area contributed by atoms with Gasteiger partial charge in [0.2, 0.25) is 0 Å². The summed E-state index contributed by atoms with van der Waals surface area (Å²) in [5, 5.41) is 5.83. The first-order valence-corrected chi connectivity index (χ1v) is 9.28. The summed E-state index contributed by atoms with van der Waals surface area (Å²) in [7, 11) is 1.56. The van der Waals surface area contributed by atoms with Crippen molar-refractivity contribution in [3.05, 3.63) is 35.4 Å². The first-order chi connectivity index (χ1) is 12.5. The number of hydrogen-bond acceptors (Lipinski definition) is 2. The molecule has 0 aromatic heterocycles. The van der Waals surface area contributed by atoms with Crippen LogP contribution in [-0.2, 0) is 13.1 Å². The first kappa shape index (κ1) is 24.0. The van der Waals surface area contributed by atoms with Gasteiger partial charge >= 0.3 is 6.18 Å². The monoisotopic (exact) mass is 498 g/mol. The third-order valence-corrected chi connectivity index (χ3v) is 4.58. The normalized spacial score (nSPS) is 16.4. The number of rotatable bonds is 6.